The molecule has 0 radical (unpaired) electrons. The van der Waals surface area contributed by atoms with Crippen molar-refractivity contribution in [2.75, 3.05) is 19.8 Å². The lowest BCUT2D eigenvalue weighted by molar-refractivity contribution is 0.111. The highest BCUT2D eigenvalue weighted by atomic mass is 16.5. The summed E-state index contributed by atoms with van der Waals surface area (Å²) in [4.78, 5) is 0. The van der Waals surface area contributed by atoms with Crippen LogP contribution in [-0.2, 0) is 4.74 Å². The molecule has 2 aliphatic carbocycles. The fourth-order valence-electron chi connectivity index (χ4n) is 2.91. The van der Waals surface area contributed by atoms with E-state index in [0.717, 1.165) is 37.6 Å². The molecule has 0 aromatic rings. The van der Waals surface area contributed by atoms with Crippen LogP contribution in [0.25, 0.3) is 0 Å². The molecule has 0 heterocycles. The van der Waals surface area contributed by atoms with Crippen molar-refractivity contribution < 1.29 is 4.74 Å². The first-order chi connectivity index (χ1) is 7.90. The van der Waals surface area contributed by atoms with E-state index in [-0.39, 0.29) is 0 Å². The summed E-state index contributed by atoms with van der Waals surface area (Å²) in [6.45, 7) is 5.31. The SMILES string of the molecule is CCNC1CCCC1CCOCCC1CC1. The Kier molecular flexibility index (Phi) is 5.11. The summed E-state index contributed by atoms with van der Waals surface area (Å²) >= 11 is 0. The van der Waals surface area contributed by atoms with E-state index in [9.17, 15) is 0 Å². The second kappa shape index (κ2) is 6.61. The van der Waals surface area contributed by atoms with Crippen LogP contribution in [0.1, 0.15) is 51.9 Å². The van der Waals surface area contributed by atoms with E-state index in [2.05, 4.69) is 12.2 Å². The summed E-state index contributed by atoms with van der Waals surface area (Å²) in [5.41, 5.74) is 0. The van der Waals surface area contributed by atoms with Crippen molar-refractivity contribution in [3.05, 3.63) is 0 Å². The summed E-state index contributed by atoms with van der Waals surface area (Å²) in [5.74, 6) is 1.89. The van der Waals surface area contributed by atoms with Gasteiger partial charge in [-0.25, -0.2) is 0 Å². The average molecular weight is 225 g/mol. The van der Waals surface area contributed by atoms with Gasteiger partial charge < -0.3 is 10.1 Å². The van der Waals surface area contributed by atoms with Crippen LogP contribution >= 0.6 is 0 Å². The minimum absolute atomic E-state index is 0.775. The zero-order chi connectivity index (χ0) is 11.2. The Bertz CT molecular complexity index is 191. The second-order valence-electron chi connectivity index (χ2n) is 5.49. The Balaban J connectivity index is 1.50. The Labute approximate surface area is 100 Å². The van der Waals surface area contributed by atoms with Crippen molar-refractivity contribution >= 4 is 0 Å². The molecular weight excluding hydrogens is 198 g/mol. The maximum absolute atomic E-state index is 5.75. The van der Waals surface area contributed by atoms with Crippen molar-refractivity contribution in [3.8, 4) is 0 Å². The smallest absolute Gasteiger partial charge is 0.0469 e. The van der Waals surface area contributed by atoms with Crippen LogP contribution in [0.3, 0.4) is 0 Å². The molecular formula is C14H27NO. The van der Waals surface area contributed by atoms with Gasteiger partial charge in [0.1, 0.15) is 0 Å². The molecule has 2 fully saturated rings. The lowest BCUT2D eigenvalue weighted by Crippen LogP contribution is -2.32. The van der Waals surface area contributed by atoms with E-state index in [1.165, 1.54) is 44.9 Å². The minimum Gasteiger partial charge on any atom is -0.381 e. The standard InChI is InChI=1S/C14H27NO/c1-2-15-14-5-3-4-13(14)9-11-16-10-8-12-6-7-12/h12-15H,2-11H2,1H3. The third-order valence-corrected chi connectivity index (χ3v) is 4.13. The van der Waals surface area contributed by atoms with Crippen molar-refractivity contribution in [2.45, 2.75) is 57.9 Å². The van der Waals surface area contributed by atoms with Crippen molar-refractivity contribution in [1.82, 2.24) is 5.32 Å². The Morgan fingerprint density at radius 2 is 1.88 bits per heavy atom. The zero-order valence-electron chi connectivity index (χ0n) is 10.7. The highest BCUT2D eigenvalue weighted by molar-refractivity contribution is 4.82. The maximum Gasteiger partial charge on any atom is 0.0469 e. The van der Waals surface area contributed by atoms with E-state index in [4.69, 9.17) is 4.74 Å². The topological polar surface area (TPSA) is 21.3 Å². The van der Waals surface area contributed by atoms with Gasteiger partial charge in [-0.05, 0) is 44.1 Å². The van der Waals surface area contributed by atoms with Gasteiger partial charge in [-0.15, -0.1) is 0 Å². The molecule has 94 valence electrons. The van der Waals surface area contributed by atoms with Gasteiger partial charge in [-0.3, -0.25) is 0 Å². The van der Waals surface area contributed by atoms with E-state index in [1.54, 1.807) is 0 Å². The van der Waals surface area contributed by atoms with Gasteiger partial charge in [0.2, 0.25) is 0 Å². The molecule has 0 amide bonds. The molecule has 16 heavy (non-hydrogen) atoms. The summed E-state index contributed by atoms with van der Waals surface area (Å²) in [7, 11) is 0. The van der Waals surface area contributed by atoms with E-state index in [1.807, 2.05) is 0 Å². The quantitative estimate of drug-likeness (QED) is 0.641. The Morgan fingerprint density at radius 1 is 1.06 bits per heavy atom. The van der Waals surface area contributed by atoms with Crippen molar-refractivity contribution in [3.63, 3.8) is 0 Å². The van der Waals surface area contributed by atoms with E-state index >= 15 is 0 Å². The summed E-state index contributed by atoms with van der Waals surface area (Å²) in [5, 5.41) is 3.61. The van der Waals surface area contributed by atoms with Crippen LogP contribution in [-0.4, -0.2) is 25.8 Å². The molecule has 2 nitrogen and oxygen atoms in total. The first kappa shape index (κ1) is 12.4. The lowest BCUT2D eigenvalue weighted by Gasteiger charge is -2.20. The molecule has 2 rings (SSSR count). The number of hydrogen-bond acceptors (Lipinski definition) is 2. The highest BCUT2D eigenvalue weighted by Gasteiger charge is 2.26. The van der Waals surface area contributed by atoms with E-state index in [0.29, 0.717) is 0 Å². The maximum atomic E-state index is 5.75. The molecule has 2 unspecified atom stereocenters. The third kappa shape index (κ3) is 4.06. The molecule has 1 N–H and O–H groups in total. The number of hydrogen-bond donors (Lipinski definition) is 1. The molecule has 0 saturated heterocycles. The van der Waals surface area contributed by atoms with Crippen LogP contribution in [0.15, 0.2) is 0 Å². The predicted molar refractivity (Wildman–Crippen MR) is 67.6 cm³/mol. The van der Waals surface area contributed by atoms with Gasteiger partial charge in [0, 0.05) is 19.3 Å². The fraction of sp³-hybridized carbons (Fsp3) is 1.00. The molecule has 2 heteroatoms. The average Bonchev–Trinajstić information content (AvgIpc) is 3.00. The van der Waals surface area contributed by atoms with Gasteiger partial charge in [0.25, 0.3) is 0 Å². The van der Waals surface area contributed by atoms with Crippen LogP contribution in [0.4, 0.5) is 0 Å². The Morgan fingerprint density at radius 3 is 2.62 bits per heavy atom. The minimum atomic E-state index is 0.775. The largest absolute Gasteiger partial charge is 0.381 e. The van der Waals surface area contributed by atoms with Crippen LogP contribution in [0.5, 0.6) is 0 Å². The number of rotatable bonds is 8. The summed E-state index contributed by atoms with van der Waals surface area (Å²) < 4.78 is 5.75. The first-order valence-corrected chi connectivity index (χ1v) is 7.21. The molecule has 0 bridgehead atoms. The molecule has 0 aliphatic heterocycles. The predicted octanol–water partition coefficient (Wildman–Crippen LogP) is 2.97. The van der Waals surface area contributed by atoms with Gasteiger partial charge in [0.15, 0.2) is 0 Å². The van der Waals surface area contributed by atoms with Gasteiger partial charge in [-0.1, -0.05) is 26.2 Å². The van der Waals surface area contributed by atoms with Crippen molar-refractivity contribution in [2.24, 2.45) is 11.8 Å². The van der Waals surface area contributed by atoms with Crippen LogP contribution in [0, 0.1) is 11.8 Å². The summed E-state index contributed by atoms with van der Waals surface area (Å²) in [6, 6.07) is 0.775. The fourth-order valence-corrected chi connectivity index (χ4v) is 2.91. The Hall–Kier alpha value is -0.0800. The van der Waals surface area contributed by atoms with Crippen LogP contribution < -0.4 is 5.32 Å². The summed E-state index contributed by atoms with van der Waals surface area (Å²) in [6.07, 6.45) is 9.67. The van der Waals surface area contributed by atoms with Crippen LogP contribution in [0.2, 0.25) is 0 Å². The monoisotopic (exact) mass is 225 g/mol. The lowest BCUT2D eigenvalue weighted by atomic mass is 10.00. The third-order valence-electron chi connectivity index (χ3n) is 4.13. The zero-order valence-corrected chi connectivity index (χ0v) is 10.7. The van der Waals surface area contributed by atoms with Gasteiger partial charge in [0.05, 0.1) is 0 Å². The number of nitrogens with one attached hydrogen (secondary N) is 1. The molecule has 2 atom stereocenters. The molecule has 0 aromatic carbocycles. The molecule has 2 saturated carbocycles. The first-order valence-electron chi connectivity index (χ1n) is 7.21. The van der Waals surface area contributed by atoms with Gasteiger partial charge in [-0.2, -0.15) is 0 Å². The molecule has 0 spiro atoms. The van der Waals surface area contributed by atoms with Crippen molar-refractivity contribution in [1.29, 1.82) is 0 Å². The van der Waals surface area contributed by atoms with E-state index < -0.39 is 0 Å². The highest BCUT2D eigenvalue weighted by Crippen LogP contribution is 2.32. The van der Waals surface area contributed by atoms with Gasteiger partial charge >= 0.3 is 0 Å². The number of ether oxygens (including phenoxy) is 1. The normalized spacial score (nSPS) is 29.8. The molecule has 0 aromatic heterocycles. The second-order valence-corrected chi connectivity index (χ2v) is 5.49. The molecule has 2 aliphatic rings.